The zero-order valence-electron chi connectivity index (χ0n) is 17.6. The molecule has 0 spiro atoms. The molecule has 1 atom stereocenters. The molecule has 2 amide bonds. The normalized spacial score (nSPS) is 17.4. The second-order valence-electron chi connectivity index (χ2n) is 7.27. The molecule has 180 valence electrons. The number of non-ortho nitro benzene ring substituents is 1. The molecule has 2 aromatic carbocycles. The van der Waals surface area contributed by atoms with Gasteiger partial charge < -0.3 is 24.8 Å². The van der Waals surface area contributed by atoms with Crippen molar-refractivity contribution >= 4 is 27.5 Å². The molecule has 34 heavy (non-hydrogen) atoms. The highest BCUT2D eigenvalue weighted by molar-refractivity contribution is 7.89. The number of carbonyl (C=O) groups is 2. The van der Waals surface area contributed by atoms with Crippen LogP contribution in [0.1, 0.15) is 5.56 Å². The van der Waals surface area contributed by atoms with Crippen molar-refractivity contribution in [2.24, 2.45) is 0 Å². The molecule has 1 fully saturated rings. The van der Waals surface area contributed by atoms with Crippen LogP contribution in [0.15, 0.2) is 47.4 Å². The van der Waals surface area contributed by atoms with Crippen molar-refractivity contribution in [3.05, 3.63) is 58.1 Å². The van der Waals surface area contributed by atoms with Gasteiger partial charge in [-0.15, -0.1) is 0 Å². The van der Waals surface area contributed by atoms with E-state index in [-0.39, 0.29) is 43.6 Å². The molecule has 4 rings (SSSR count). The van der Waals surface area contributed by atoms with Gasteiger partial charge in [-0.1, -0.05) is 6.07 Å². The van der Waals surface area contributed by atoms with E-state index >= 15 is 0 Å². The van der Waals surface area contributed by atoms with Gasteiger partial charge in [0, 0.05) is 25.2 Å². The Bertz CT molecular complexity index is 1220. The van der Waals surface area contributed by atoms with Gasteiger partial charge >= 0.3 is 11.8 Å². The van der Waals surface area contributed by atoms with Gasteiger partial charge in [-0.3, -0.25) is 19.7 Å². The number of nitrogens with one attached hydrogen (secondary N) is 2. The summed E-state index contributed by atoms with van der Waals surface area (Å²) in [4.78, 5) is 34.3. The zero-order valence-corrected chi connectivity index (χ0v) is 18.4. The Labute approximate surface area is 193 Å². The summed E-state index contributed by atoms with van der Waals surface area (Å²) in [5.74, 6) is -0.717. The lowest BCUT2D eigenvalue weighted by Crippen LogP contribution is -2.47. The Balaban J connectivity index is 1.31. The first-order valence-electron chi connectivity index (χ1n) is 10.1. The van der Waals surface area contributed by atoms with Crippen LogP contribution in [0.25, 0.3) is 0 Å². The molecule has 0 aliphatic carbocycles. The van der Waals surface area contributed by atoms with Crippen LogP contribution in [-0.2, 0) is 30.9 Å². The van der Waals surface area contributed by atoms with E-state index in [0.717, 1.165) is 28.6 Å². The first kappa shape index (κ1) is 23.4. The molecule has 1 saturated heterocycles. The number of hydrogen-bond donors (Lipinski definition) is 2. The molecule has 2 aliphatic rings. The van der Waals surface area contributed by atoms with E-state index in [9.17, 15) is 28.1 Å². The average molecular weight is 492 g/mol. The van der Waals surface area contributed by atoms with Crippen LogP contribution < -0.4 is 20.1 Å². The van der Waals surface area contributed by atoms with Crippen LogP contribution in [0.3, 0.4) is 0 Å². The zero-order chi connectivity index (χ0) is 24.3. The van der Waals surface area contributed by atoms with Crippen molar-refractivity contribution in [1.29, 1.82) is 0 Å². The third kappa shape index (κ3) is 4.93. The highest BCUT2D eigenvalue weighted by Crippen LogP contribution is 2.32. The number of ether oxygens (including phenoxy) is 3. The molecule has 2 aromatic rings. The number of nitrogens with zero attached hydrogens (tertiary/aromatic N) is 2. The molecule has 0 saturated carbocycles. The van der Waals surface area contributed by atoms with E-state index in [1.54, 1.807) is 18.2 Å². The number of rotatable bonds is 7. The average Bonchev–Trinajstić information content (AvgIpc) is 3.50. The second kappa shape index (κ2) is 9.62. The van der Waals surface area contributed by atoms with Crippen LogP contribution >= 0.6 is 0 Å². The predicted molar refractivity (Wildman–Crippen MR) is 114 cm³/mol. The fourth-order valence-electron chi connectivity index (χ4n) is 3.39. The van der Waals surface area contributed by atoms with Crippen LogP contribution in [0, 0.1) is 10.1 Å². The van der Waals surface area contributed by atoms with E-state index in [1.807, 2.05) is 0 Å². The molecule has 0 aromatic heterocycles. The van der Waals surface area contributed by atoms with Gasteiger partial charge in [-0.25, -0.2) is 8.42 Å². The van der Waals surface area contributed by atoms with E-state index in [0.29, 0.717) is 17.1 Å². The van der Waals surface area contributed by atoms with Crippen LogP contribution in [0.4, 0.5) is 5.69 Å². The molecule has 0 bridgehead atoms. The summed E-state index contributed by atoms with van der Waals surface area (Å²) in [5, 5.41) is 15.6. The fraction of sp³-hybridized carbons (Fsp3) is 0.300. The van der Waals surface area contributed by atoms with Crippen LogP contribution in [0.5, 0.6) is 11.5 Å². The number of hydrogen-bond acceptors (Lipinski definition) is 9. The summed E-state index contributed by atoms with van der Waals surface area (Å²) in [7, 11) is -4.04. The standard InChI is InChI=1S/C20H20N4O9S/c25-19(21-10-13-1-6-16-17(9-13)33-12-32-16)20(26)22-11-18-23(7-8-31-18)34(29,30)15-4-2-14(3-5-15)24(27)28/h1-6,9,18H,7-8,10-12H2,(H,21,25)(H,22,26). The van der Waals surface area contributed by atoms with Crippen molar-refractivity contribution in [3.8, 4) is 11.5 Å². The Morgan fingerprint density at radius 2 is 1.76 bits per heavy atom. The molecule has 2 heterocycles. The van der Waals surface area contributed by atoms with Gasteiger partial charge in [-0.05, 0) is 29.8 Å². The Morgan fingerprint density at radius 1 is 1.06 bits per heavy atom. The molecule has 2 N–H and O–H groups in total. The van der Waals surface area contributed by atoms with Gasteiger partial charge in [0.2, 0.25) is 16.8 Å². The fourth-order valence-corrected chi connectivity index (χ4v) is 4.90. The van der Waals surface area contributed by atoms with Crippen molar-refractivity contribution in [2.75, 3.05) is 26.5 Å². The Kier molecular flexibility index (Phi) is 6.63. The smallest absolute Gasteiger partial charge is 0.309 e. The summed E-state index contributed by atoms with van der Waals surface area (Å²) in [6.45, 7) is 0.0406. The lowest BCUT2D eigenvalue weighted by Gasteiger charge is -2.22. The minimum Gasteiger partial charge on any atom is -0.454 e. The maximum Gasteiger partial charge on any atom is 0.309 e. The largest absolute Gasteiger partial charge is 0.454 e. The van der Waals surface area contributed by atoms with Crippen LogP contribution in [-0.4, -0.2) is 62.2 Å². The van der Waals surface area contributed by atoms with E-state index < -0.39 is 33.0 Å². The quantitative estimate of drug-likeness (QED) is 0.310. The third-order valence-electron chi connectivity index (χ3n) is 5.13. The van der Waals surface area contributed by atoms with Crippen molar-refractivity contribution < 1.29 is 37.1 Å². The number of benzene rings is 2. The van der Waals surface area contributed by atoms with Gasteiger partial charge in [0.25, 0.3) is 5.69 Å². The maximum absolute atomic E-state index is 12.9. The summed E-state index contributed by atoms with van der Waals surface area (Å²) in [6.07, 6.45) is -1.04. The highest BCUT2D eigenvalue weighted by Gasteiger charge is 2.37. The summed E-state index contributed by atoms with van der Waals surface area (Å²) in [5.41, 5.74) is 0.456. The number of nitro benzene ring substituents is 1. The predicted octanol–water partition coefficient (Wildman–Crippen LogP) is 0.103. The van der Waals surface area contributed by atoms with Crippen molar-refractivity contribution in [3.63, 3.8) is 0 Å². The molecular weight excluding hydrogens is 472 g/mol. The molecular formula is C20H20N4O9S. The van der Waals surface area contributed by atoms with E-state index in [4.69, 9.17) is 14.2 Å². The summed E-state index contributed by atoms with van der Waals surface area (Å²) < 4.78 is 42.7. The first-order chi connectivity index (χ1) is 16.3. The van der Waals surface area contributed by atoms with Gasteiger partial charge in [0.15, 0.2) is 11.5 Å². The summed E-state index contributed by atoms with van der Waals surface area (Å²) >= 11 is 0. The van der Waals surface area contributed by atoms with Crippen molar-refractivity contribution in [2.45, 2.75) is 17.7 Å². The van der Waals surface area contributed by atoms with Gasteiger partial charge in [0.1, 0.15) is 6.23 Å². The second-order valence-corrected chi connectivity index (χ2v) is 9.16. The monoisotopic (exact) mass is 492 g/mol. The minimum absolute atomic E-state index is 0.0240. The number of amides is 2. The molecule has 0 radical (unpaired) electrons. The van der Waals surface area contributed by atoms with Gasteiger partial charge in [0.05, 0.1) is 23.0 Å². The molecule has 13 nitrogen and oxygen atoms in total. The molecule has 14 heteroatoms. The molecule has 2 aliphatic heterocycles. The number of sulfonamides is 1. The van der Waals surface area contributed by atoms with Crippen molar-refractivity contribution in [1.82, 2.24) is 14.9 Å². The minimum atomic E-state index is -4.04. The number of carbonyl (C=O) groups excluding carboxylic acids is 2. The Hall–Kier alpha value is -3.75. The lowest BCUT2D eigenvalue weighted by molar-refractivity contribution is -0.384. The number of fused-ring (bicyclic) bond motifs is 1. The summed E-state index contributed by atoms with van der Waals surface area (Å²) in [6, 6.07) is 9.54. The lowest BCUT2D eigenvalue weighted by atomic mass is 10.2. The molecule has 1 unspecified atom stereocenters. The maximum atomic E-state index is 12.9. The Morgan fingerprint density at radius 3 is 2.50 bits per heavy atom. The highest BCUT2D eigenvalue weighted by atomic mass is 32.2. The SMILES string of the molecule is O=C(NCc1ccc2c(c1)OCO2)C(=O)NCC1OCCN1S(=O)(=O)c1ccc([N+](=O)[O-])cc1. The first-order valence-corrected chi connectivity index (χ1v) is 11.5. The van der Waals surface area contributed by atoms with Gasteiger partial charge in [-0.2, -0.15) is 4.31 Å². The third-order valence-corrected chi connectivity index (χ3v) is 7.03. The van der Waals surface area contributed by atoms with Crippen LogP contribution in [0.2, 0.25) is 0 Å². The topological polar surface area (TPSA) is 166 Å². The van der Waals surface area contributed by atoms with E-state index in [2.05, 4.69) is 10.6 Å². The number of nitro groups is 1. The van der Waals surface area contributed by atoms with E-state index in [1.165, 1.54) is 0 Å².